The largest absolute Gasteiger partial charge is 0.496 e. The van der Waals surface area contributed by atoms with Crippen LogP contribution in [-0.2, 0) is 0 Å². The van der Waals surface area contributed by atoms with Gasteiger partial charge in [-0.15, -0.1) is 11.3 Å². The summed E-state index contributed by atoms with van der Waals surface area (Å²) < 4.78 is 5.30. The van der Waals surface area contributed by atoms with Gasteiger partial charge in [0.2, 0.25) is 0 Å². The average Bonchev–Trinajstić information content (AvgIpc) is 3.17. The molecule has 0 radical (unpaired) electrons. The highest BCUT2D eigenvalue weighted by molar-refractivity contribution is 7.10. The SMILES string of the molecule is COc1ccccc1C(=O)NC[C@H](c1cccs1)N1CCC(C)CC1. The van der Waals surface area contributed by atoms with E-state index in [9.17, 15) is 4.79 Å². The van der Waals surface area contributed by atoms with Crippen LogP contribution in [0.3, 0.4) is 0 Å². The molecule has 1 atom stereocenters. The van der Waals surface area contributed by atoms with Crippen molar-refractivity contribution >= 4 is 17.2 Å². The summed E-state index contributed by atoms with van der Waals surface area (Å²) in [6, 6.07) is 11.9. The minimum atomic E-state index is -0.0793. The van der Waals surface area contributed by atoms with E-state index in [0.29, 0.717) is 17.9 Å². The van der Waals surface area contributed by atoms with E-state index in [1.807, 2.05) is 18.2 Å². The number of carbonyl (C=O) groups excluding carboxylic acids is 1. The number of carbonyl (C=O) groups is 1. The fourth-order valence-corrected chi connectivity index (χ4v) is 4.21. The number of amides is 1. The summed E-state index contributed by atoms with van der Waals surface area (Å²) in [6.07, 6.45) is 2.45. The summed E-state index contributed by atoms with van der Waals surface area (Å²) in [5.74, 6) is 1.33. The number of nitrogens with one attached hydrogen (secondary N) is 1. The van der Waals surface area contributed by atoms with Crippen LogP contribution in [0.15, 0.2) is 41.8 Å². The summed E-state index contributed by atoms with van der Waals surface area (Å²) in [6.45, 7) is 5.12. The van der Waals surface area contributed by atoms with Crippen LogP contribution >= 0.6 is 11.3 Å². The lowest BCUT2D eigenvalue weighted by Crippen LogP contribution is -2.41. The first kappa shape index (κ1) is 18.0. The van der Waals surface area contributed by atoms with E-state index in [0.717, 1.165) is 19.0 Å². The molecule has 0 saturated carbocycles. The van der Waals surface area contributed by atoms with Gasteiger partial charge in [-0.25, -0.2) is 0 Å². The molecule has 3 rings (SSSR count). The third-order valence-electron chi connectivity index (χ3n) is 4.94. The van der Waals surface area contributed by atoms with Gasteiger partial charge in [-0.1, -0.05) is 25.1 Å². The second kappa shape index (κ2) is 8.50. The van der Waals surface area contributed by atoms with Crippen molar-refractivity contribution in [2.24, 2.45) is 5.92 Å². The lowest BCUT2D eigenvalue weighted by molar-refractivity contribution is 0.0912. The Morgan fingerprint density at radius 2 is 2.04 bits per heavy atom. The van der Waals surface area contributed by atoms with Crippen LogP contribution in [0.2, 0.25) is 0 Å². The molecule has 1 N–H and O–H groups in total. The van der Waals surface area contributed by atoms with Crippen LogP contribution in [-0.4, -0.2) is 37.6 Å². The van der Waals surface area contributed by atoms with E-state index < -0.39 is 0 Å². The van der Waals surface area contributed by atoms with Crippen molar-refractivity contribution < 1.29 is 9.53 Å². The first-order valence-corrected chi connectivity index (χ1v) is 9.75. The first-order valence-electron chi connectivity index (χ1n) is 8.87. The normalized spacial score (nSPS) is 17.2. The van der Waals surface area contributed by atoms with Gasteiger partial charge in [-0.05, 0) is 55.4 Å². The zero-order chi connectivity index (χ0) is 17.6. The van der Waals surface area contributed by atoms with Crippen LogP contribution in [0, 0.1) is 5.92 Å². The summed E-state index contributed by atoms with van der Waals surface area (Å²) in [5.41, 5.74) is 0.585. The predicted molar refractivity (Wildman–Crippen MR) is 102 cm³/mol. The summed E-state index contributed by atoms with van der Waals surface area (Å²) in [4.78, 5) is 16.5. The molecule has 0 unspecified atom stereocenters. The molecule has 134 valence electrons. The van der Waals surface area contributed by atoms with E-state index >= 15 is 0 Å². The Labute approximate surface area is 153 Å². The third-order valence-corrected chi connectivity index (χ3v) is 5.91. The molecule has 0 bridgehead atoms. The highest BCUT2D eigenvalue weighted by Gasteiger charge is 2.26. The maximum atomic E-state index is 12.6. The molecule has 1 aromatic carbocycles. The zero-order valence-corrected chi connectivity index (χ0v) is 15.7. The van der Waals surface area contributed by atoms with Crippen LogP contribution in [0.1, 0.15) is 41.0 Å². The fourth-order valence-electron chi connectivity index (χ4n) is 3.35. The molecule has 1 aliphatic heterocycles. The number of thiophene rings is 1. The Balaban J connectivity index is 1.69. The van der Waals surface area contributed by atoms with Crippen LogP contribution in [0.5, 0.6) is 5.75 Å². The van der Waals surface area contributed by atoms with Crippen molar-refractivity contribution in [1.82, 2.24) is 10.2 Å². The summed E-state index contributed by atoms with van der Waals surface area (Å²) in [7, 11) is 1.59. The number of rotatable bonds is 6. The van der Waals surface area contributed by atoms with Gasteiger partial charge in [-0.3, -0.25) is 9.69 Å². The second-order valence-electron chi connectivity index (χ2n) is 6.66. The van der Waals surface area contributed by atoms with Gasteiger partial charge in [0.1, 0.15) is 5.75 Å². The van der Waals surface area contributed by atoms with Gasteiger partial charge < -0.3 is 10.1 Å². The molecular weight excluding hydrogens is 332 g/mol. The number of para-hydroxylation sites is 1. The van der Waals surface area contributed by atoms with Crippen molar-refractivity contribution in [3.63, 3.8) is 0 Å². The Bertz CT molecular complexity index is 679. The highest BCUT2D eigenvalue weighted by atomic mass is 32.1. The Morgan fingerprint density at radius 3 is 2.72 bits per heavy atom. The number of hydrogen-bond acceptors (Lipinski definition) is 4. The molecule has 2 heterocycles. The van der Waals surface area contributed by atoms with E-state index in [-0.39, 0.29) is 11.9 Å². The molecule has 1 aromatic heterocycles. The topological polar surface area (TPSA) is 41.6 Å². The highest BCUT2D eigenvalue weighted by Crippen LogP contribution is 2.29. The van der Waals surface area contributed by atoms with Gasteiger partial charge in [0.15, 0.2) is 0 Å². The number of ether oxygens (including phenoxy) is 1. The lowest BCUT2D eigenvalue weighted by atomic mass is 9.97. The number of likely N-dealkylation sites (tertiary alicyclic amines) is 1. The molecule has 1 aliphatic rings. The molecule has 2 aromatic rings. The van der Waals surface area contributed by atoms with E-state index in [1.165, 1.54) is 17.7 Å². The van der Waals surface area contributed by atoms with Crippen molar-refractivity contribution in [3.05, 3.63) is 52.2 Å². The number of piperidine rings is 1. The smallest absolute Gasteiger partial charge is 0.255 e. The van der Waals surface area contributed by atoms with Crippen LogP contribution < -0.4 is 10.1 Å². The molecule has 25 heavy (non-hydrogen) atoms. The van der Waals surface area contributed by atoms with E-state index in [4.69, 9.17) is 4.74 Å². The van der Waals surface area contributed by atoms with Gasteiger partial charge in [0.25, 0.3) is 5.91 Å². The van der Waals surface area contributed by atoms with Gasteiger partial charge in [0, 0.05) is 11.4 Å². The van der Waals surface area contributed by atoms with Crippen molar-refractivity contribution in [2.45, 2.75) is 25.8 Å². The zero-order valence-electron chi connectivity index (χ0n) is 14.9. The second-order valence-corrected chi connectivity index (χ2v) is 7.64. The number of benzene rings is 1. The molecular formula is C20H26N2O2S. The standard InChI is InChI=1S/C20H26N2O2S/c1-15-9-11-22(12-10-15)17(19-8-5-13-25-19)14-21-20(23)16-6-3-4-7-18(16)24-2/h3-8,13,15,17H,9-12,14H2,1-2H3,(H,21,23)/t17-/m1/s1. The quantitative estimate of drug-likeness (QED) is 0.850. The third kappa shape index (κ3) is 4.41. The summed E-state index contributed by atoms with van der Waals surface area (Å²) in [5, 5.41) is 5.22. The Kier molecular flexibility index (Phi) is 6.10. The molecule has 4 nitrogen and oxygen atoms in total. The van der Waals surface area contributed by atoms with Crippen molar-refractivity contribution in [1.29, 1.82) is 0 Å². The Morgan fingerprint density at radius 1 is 1.28 bits per heavy atom. The average molecular weight is 359 g/mol. The number of nitrogens with zero attached hydrogens (tertiary/aromatic N) is 1. The number of methoxy groups -OCH3 is 1. The molecule has 0 aliphatic carbocycles. The molecule has 1 fully saturated rings. The predicted octanol–water partition coefficient (Wildman–Crippen LogP) is 3.96. The first-order chi connectivity index (χ1) is 12.2. The molecule has 1 saturated heterocycles. The lowest BCUT2D eigenvalue weighted by Gasteiger charge is -2.36. The molecule has 1 amide bonds. The van der Waals surface area contributed by atoms with Gasteiger partial charge >= 0.3 is 0 Å². The van der Waals surface area contributed by atoms with Gasteiger partial charge in [-0.2, -0.15) is 0 Å². The van der Waals surface area contributed by atoms with Crippen molar-refractivity contribution in [2.75, 3.05) is 26.7 Å². The molecule has 0 spiro atoms. The van der Waals surface area contributed by atoms with Crippen molar-refractivity contribution in [3.8, 4) is 5.75 Å². The maximum Gasteiger partial charge on any atom is 0.255 e. The number of hydrogen-bond donors (Lipinski definition) is 1. The minimum absolute atomic E-state index is 0.0793. The van der Waals surface area contributed by atoms with Crippen LogP contribution in [0.4, 0.5) is 0 Å². The monoisotopic (exact) mass is 358 g/mol. The fraction of sp³-hybridized carbons (Fsp3) is 0.450. The maximum absolute atomic E-state index is 12.6. The van der Waals surface area contributed by atoms with Crippen LogP contribution in [0.25, 0.3) is 0 Å². The van der Waals surface area contributed by atoms with E-state index in [1.54, 1.807) is 24.5 Å². The van der Waals surface area contributed by atoms with E-state index in [2.05, 4.69) is 34.7 Å². The molecule has 5 heteroatoms. The summed E-state index contributed by atoms with van der Waals surface area (Å²) >= 11 is 1.76. The Hall–Kier alpha value is -1.85. The minimum Gasteiger partial charge on any atom is -0.496 e. The van der Waals surface area contributed by atoms with Gasteiger partial charge in [0.05, 0.1) is 18.7 Å².